The van der Waals surface area contributed by atoms with Crippen LogP contribution in [0, 0.1) is 13.8 Å². The molecule has 1 aliphatic heterocycles. The number of aliphatic imine (C=N–C) groups is 1. The van der Waals surface area contributed by atoms with Crippen LogP contribution in [0.5, 0.6) is 0 Å². The van der Waals surface area contributed by atoms with Crippen molar-refractivity contribution in [2.24, 2.45) is 4.99 Å². The Labute approximate surface area is 196 Å². The SMILES string of the molecule is Cc1cc(C)n(CCCN=C(NCCc2ccco2)NCCN2CCOCC2)n1.I. The van der Waals surface area contributed by atoms with Crippen molar-refractivity contribution in [2.45, 2.75) is 33.2 Å². The lowest BCUT2D eigenvalue weighted by Gasteiger charge is -2.26. The summed E-state index contributed by atoms with van der Waals surface area (Å²) < 4.78 is 12.9. The van der Waals surface area contributed by atoms with Crippen molar-refractivity contribution in [1.29, 1.82) is 0 Å². The first kappa shape index (κ1) is 24.7. The molecule has 0 unspecified atom stereocenters. The Morgan fingerprint density at radius 1 is 1.17 bits per heavy atom. The van der Waals surface area contributed by atoms with Gasteiger partial charge in [0.1, 0.15) is 5.76 Å². The highest BCUT2D eigenvalue weighted by Crippen LogP contribution is 2.03. The van der Waals surface area contributed by atoms with Gasteiger partial charge in [-0.1, -0.05) is 0 Å². The third-order valence-electron chi connectivity index (χ3n) is 4.97. The number of guanidine groups is 1. The average Bonchev–Trinajstić information content (AvgIpc) is 3.35. The van der Waals surface area contributed by atoms with E-state index in [9.17, 15) is 0 Å². The molecule has 0 amide bonds. The van der Waals surface area contributed by atoms with Gasteiger partial charge in [-0.25, -0.2) is 0 Å². The van der Waals surface area contributed by atoms with Crippen molar-refractivity contribution in [3.8, 4) is 0 Å². The number of rotatable bonds is 10. The van der Waals surface area contributed by atoms with Crippen molar-refractivity contribution < 1.29 is 9.15 Å². The summed E-state index contributed by atoms with van der Waals surface area (Å²) in [5.41, 5.74) is 2.27. The van der Waals surface area contributed by atoms with Crippen LogP contribution in [-0.4, -0.2) is 73.1 Å². The van der Waals surface area contributed by atoms with Gasteiger partial charge in [0.25, 0.3) is 0 Å². The normalized spacial score (nSPS) is 15.1. The molecule has 0 saturated carbocycles. The first-order valence-corrected chi connectivity index (χ1v) is 10.6. The van der Waals surface area contributed by atoms with E-state index in [-0.39, 0.29) is 24.0 Å². The number of furan rings is 1. The van der Waals surface area contributed by atoms with Gasteiger partial charge in [0.15, 0.2) is 5.96 Å². The molecule has 0 bridgehead atoms. The second kappa shape index (κ2) is 13.7. The summed E-state index contributed by atoms with van der Waals surface area (Å²) in [6.07, 6.45) is 3.50. The number of aryl methyl sites for hydroxylation is 3. The fraction of sp³-hybridized carbons (Fsp3) is 0.619. The number of halogens is 1. The fourth-order valence-electron chi connectivity index (χ4n) is 3.40. The van der Waals surface area contributed by atoms with Gasteiger partial charge in [-0.2, -0.15) is 5.10 Å². The third-order valence-corrected chi connectivity index (χ3v) is 4.97. The van der Waals surface area contributed by atoms with Gasteiger partial charge in [-0.3, -0.25) is 14.6 Å². The zero-order valence-corrected chi connectivity index (χ0v) is 20.4. The van der Waals surface area contributed by atoms with E-state index in [1.54, 1.807) is 6.26 Å². The lowest BCUT2D eigenvalue weighted by atomic mass is 10.3. The molecule has 3 rings (SSSR count). The van der Waals surface area contributed by atoms with Crippen LogP contribution in [0.1, 0.15) is 23.6 Å². The Kier molecular flexibility index (Phi) is 11.2. The predicted molar refractivity (Wildman–Crippen MR) is 130 cm³/mol. The van der Waals surface area contributed by atoms with Crippen LogP contribution in [-0.2, 0) is 17.7 Å². The molecule has 0 atom stereocenters. The van der Waals surface area contributed by atoms with Crippen LogP contribution in [0.4, 0.5) is 0 Å². The van der Waals surface area contributed by atoms with E-state index in [0.717, 1.165) is 89.3 Å². The zero-order valence-electron chi connectivity index (χ0n) is 18.1. The molecule has 2 aromatic heterocycles. The van der Waals surface area contributed by atoms with Crippen LogP contribution in [0.2, 0.25) is 0 Å². The van der Waals surface area contributed by atoms with Gasteiger partial charge in [0.05, 0.1) is 25.2 Å². The quantitative estimate of drug-likeness (QED) is 0.212. The molecule has 9 heteroatoms. The minimum atomic E-state index is 0. The van der Waals surface area contributed by atoms with Crippen LogP contribution >= 0.6 is 24.0 Å². The molecule has 0 aliphatic carbocycles. The molecule has 0 radical (unpaired) electrons. The molecule has 30 heavy (non-hydrogen) atoms. The molecular weight excluding hydrogens is 495 g/mol. The third kappa shape index (κ3) is 8.65. The molecule has 1 fully saturated rings. The Bertz CT molecular complexity index is 741. The summed E-state index contributed by atoms with van der Waals surface area (Å²) in [6, 6.07) is 6.03. The number of hydrogen-bond acceptors (Lipinski definition) is 5. The van der Waals surface area contributed by atoms with Crippen molar-refractivity contribution in [3.05, 3.63) is 41.6 Å². The van der Waals surface area contributed by atoms with Crippen LogP contribution in [0.3, 0.4) is 0 Å². The van der Waals surface area contributed by atoms with E-state index in [1.165, 1.54) is 5.69 Å². The second-order valence-electron chi connectivity index (χ2n) is 7.37. The number of ether oxygens (including phenoxy) is 1. The van der Waals surface area contributed by atoms with Gasteiger partial charge < -0.3 is 19.8 Å². The van der Waals surface area contributed by atoms with E-state index < -0.39 is 0 Å². The highest BCUT2D eigenvalue weighted by atomic mass is 127. The number of nitrogens with zero attached hydrogens (tertiary/aromatic N) is 4. The Hall–Kier alpha value is -1.59. The number of hydrogen-bond donors (Lipinski definition) is 2. The maximum Gasteiger partial charge on any atom is 0.191 e. The summed E-state index contributed by atoms with van der Waals surface area (Å²) in [5.74, 6) is 1.84. The van der Waals surface area contributed by atoms with Gasteiger partial charge >= 0.3 is 0 Å². The first-order valence-electron chi connectivity index (χ1n) is 10.6. The van der Waals surface area contributed by atoms with Gasteiger partial charge in [-0.15, -0.1) is 24.0 Å². The zero-order chi connectivity index (χ0) is 20.3. The molecular formula is C21H35IN6O2. The average molecular weight is 530 g/mol. The molecule has 1 saturated heterocycles. The summed E-state index contributed by atoms with van der Waals surface area (Å²) in [6.45, 7) is 12.1. The van der Waals surface area contributed by atoms with Gasteiger partial charge in [0, 0.05) is 57.9 Å². The highest BCUT2D eigenvalue weighted by Gasteiger charge is 2.10. The summed E-state index contributed by atoms with van der Waals surface area (Å²) in [4.78, 5) is 7.17. The van der Waals surface area contributed by atoms with Crippen molar-refractivity contribution in [1.82, 2.24) is 25.3 Å². The summed E-state index contributed by atoms with van der Waals surface area (Å²) in [5, 5.41) is 11.4. The molecule has 168 valence electrons. The lowest BCUT2D eigenvalue weighted by Crippen LogP contribution is -2.44. The molecule has 1 aliphatic rings. The minimum Gasteiger partial charge on any atom is -0.469 e. The minimum absolute atomic E-state index is 0. The van der Waals surface area contributed by atoms with Gasteiger partial charge in [-0.05, 0) is 38.5 Å². The molecule has 0 aromatic carbocycles. The lowest BCUT2D eigenvalue weighted by molar-refractivity contribution is 0.0389. The van der Waals surface area contributed by atoms with Gasteiger partial charge in [0.2, 0.25) is 0 Å². The molecule has 2 aromatic rings. The van der Waals surface area contributed by atoms with E-state index >= 15 is 0 Å². The largest absolute Gasteiger partial charge is 0.469 e. The van der Waals surface area contributed by atoms with Crippen molar-refractivity contribution in [3.63, 3.8) is 0 Å². The highest BCUT2D eigenvalue weighted by molar-refractivity contribution is 14.0. The topological polar surface area (TPSA) is 79.9 Å². The molecule has 0 spiro atoms. The Morgan fingerprint density at radius 3 is 2.67 bits per heavy atom. The standard InChI is InChI=1S/C21H34N6O2.HI/c1-18-17-19(2)27(25-18)10-4-7-22-21(23-8-6-20-5-3-14-29-20)24-9-11-26-12-15-28-16-13-26;/h3,5,14,17H,4,6-13,15-16H2,1-2H3,(H2,22,23,24);1H. The van der Waals surface area contributed by atoms with E-state index in [0.29, 0.717) is 0 Å². The summed E-state index contributed by atoms with van der Waals surface area (Å²) in [7, 11) is 0. The first-order chi connectivity index (χ1) is 14.2. The number of aromatic nitrogens is 2. The van der Waals surface area contributed by atoms with Crippen LogP contribution < -0.4 is 10.6 Å². The monoisotopic (exact) mass is 530 g/mol. The Balaban J connectivity index is 0.00000320. The number of nitrogens with one attached hydrogen (secondary N) is 2. The Morgan fingerprint density at radius 2 is 1.97 bits per heavy atom. The van der Waals surface area contributed by atoms with Crippen molar-refractivity contribution >= 4 is 29.9 Å². The van der Waals surface area contributed by atoms with E-state index in [1.807, 2.05) is 19.1 Å². The maximum absolute atomic E-state index is 5.41. The second-order valence-corrected chi connectivity index (χ2v) is 7.37. The molecule has 8 nitrogen and oxygen atoms in total. The van der Waals surface area contributed by atoms with Crippen molar-refractivity contribution in [2.75, 3.05) is 52.5 Å². The maximum atomic E-state index is 5.41. The predicted octanol–water partition coefficient (Wildman–Crippen LogP) is 2.21. The molecule has 2 N–H and O–H groups in total. The van der Waals surface area contributed by atoms with E-state index in [4.69, 9.17) is 14.1 Å². The fourth-order valence-corrected chi connectivity index (χ4v) is 3.40. The summed E-state index contributed by atoms with van der Waals surface area (Å²) >= 11 is 0. The van der Waals surface area contributed by atoms with Crippen LogP contribution in [0.25, 0.3) is 0 Å². The van der Waals surface area contributed by atoms with Crippen LogP contribution in [0.15, 0.2) is 33.9 Å². The van der Waals surface area contributed by atoms with E-state index in [2.05, 4.69) is 38.3 Å². The smallest absolute Gasteiger partial charge is 0.191 e. The molecule has 3 heterocycles. The number of morpholine rings is 1.